The molecule has 2 aromatic heterocycles. The zero-order valence-electron chi connectivity index (χ0n) is 11.4. The Morgan fingerprint density at radius 3 is 2.82 bits per heavy atom. The Labute approximate surface area is 122 Å². The normalized spacial score (nSPS) is 11.2. The van der Waals surface area contributed by atoms with E-state index in [1.54, 1.807) is 6.92 Å². The Hall–Kier alpha value is -2.83. The predicted octanol–water partition coefficient (Wildman–Crippen LogP) is 0.613. The van der Waals surface area contributed by atoms with Crippen molar-refractivity contribution >= 4 is 17.5 Å². The first-order valence-electron chi connectivity index (χ1n) is 6.07. The van der Waals surface area contributed by atoms with Gasteiger partial charge in [0, 0.05) is 11.8 Å². The zero-order valence-corrected chi connectivity index (χ0v) is 11.4. The van der Waals surface area contributed by atoms with E-state index in [0.717, 1.165) is 4.52 Å². The van der Waals surface area contributed by atoms with E-state index >= 15 is 0 Å². The van der Waals surface area contributed by atoms with Crippen LogP contribution in [0.5, 0.6) is 0 Å². The lowest BCUT2D eigenvalue weighted by molar-refractivity contribution is -0.144. The minimum Gasteiger partial charge on any atom is -0.361 e. The van der Waals surface area contributed by atoms with Crippen molar-refractivity contribution in [3.63, 3.8) is 0 Å². The molecule has 0 aromatic carbocycles. The van der Waals surface area contributed by atoms with Gasteiger partial charge in [-0.15, -0.1) is 11.5 Å². The molecule has 0 fully saturated rings. The number of amides is 1. The molecule has 0 bridgehead atoms. The second-order valence-electron chi connectivity index (χ2n) is 4.26. The van der Waals surface area contributed by atoms with Crippen LogP contribution in [0.2, 0.25) is 0 Å². The highest BCUT2D eigenvalue weighted by Crippen LogP contribution is 2.27. The summed E-state index contributed by atoms with van der Waals surface area (Å²) in [6, 6.07) is 1.45. The van der Waals surface area contributed by atoms with E-state index in [4.69, 9.17) is 6.42 Å². The molecule has 0 radical (unpaired) electrons. The average molecular weight is 312 g/mol. The van der Waals surface area contributed by atoms with Crippen LogP contribution in [0, 0.1) is 19.3 Å². The van der Waals surface area contributed by atoms with Crippen molar-refractivity contribution in [2.24, 2.45) is 0 Å². The molecular weight excluding hydrogens is 301 g/mol. The van der Waals surface area contributed by atoms with Gasteiger partial charge < -0.3 is 10.6 Å². The molecule has 2 aromatic rings. The lowest BCUT2D eigenvalue weighted by Crippen LogP contribution is -2.30. The molecule has 22 heavy (non-hydrogen) atoms. The topological polar surface area (TPSA) is 84.2 Å². The highest BCUT2D eigenvalue weighted by Gasteiger charge is 2.36. The van der Waals surface area contributed by atoms with Gasteiger partial charge in [-0.1, -0.05) is 5.92 Å². The van der Waals surface area contributed by atoms with Crippen molar-refractivity contribution in [1.29, 1.82) is 0 Å². The summed E-state index contributed by atoms with van der Waals surface area (Å²) in [5, 5.41) is 8.45. The van der Waals surface area contributed by atoms with Crippen LogP contribution in [-0.2, 0) is 11.0 Å². The maximum absolute atomic E-state index is 12.6. The number of aromatic nitrogens is 4. The first kappa shape index (κ1) is 15.6. The van der Waals surface area contributed by atoms with Crippen molar-refractivity contribution < 1.29 is 18.0 Å². The number of nitrogens with zero attached hydrogens (tertiary/aromatic N) is 4. The summed E-state index contributed by atoms with van der Waals surface area (Å²) in [6.45, 7) is 1.47. The minimum absolute atomic E-state index is 0.0623. The Morgan fingerprint density at radius 1 is 1.45 bits per heavy atom. The SMILES string of the molecule is C#CCNC(=O)CNc1cc(C)nc2nc(C(F)(F)F)nn12. The number of terminal acetylenes is 1. The summed E-state index contributed by atoms with van der Waals surface area (Å²) in [5.41, 5.74) is 0.431. The molecule has 2 heterocycles. The molecule has 1 amide bonds. The number of hydrogen-bond acceptors (Lipinski definition) is 5. The molecule has 0 saturated heterocycles. The number of fused-ring (bicyclic) bond motifs is 1. The average Bonchev–Trinajstić information content (AvgIpc) is 2.86. The quantitative estimate of drug-likeness (QED) is 0.808. The molecular formula is C12H11F3N6O. The van der Waals surface area contributed by atoms with Gasteiger partial charge in [-0.3, -0.25) is 4.79 Å². The molecule has 116 valence electrons. The summed E-state index contributed by atoms with van der Waals surface area (Å²) in [4.78, 5) is 18.7. The zero-order chi connectivity index (χ0) is 16.3. The molecule has 0 saturated carbocycles. The molecule has 2 rings (SSSR count). The smallest absolute Gasteiger partial charge is 0.361 e. The van der Waals surface area contributed by atoms with Gasteiger partial charge in [-0.25, -0.2) is 4.98 Å². The third kappa shape index (κ3) is 3.43. The van der Waals surface area contributed by atoms with Gasteiger partial charge in [0.2, 0.25) is 5.91 Å². The molecule has 0 aliphatic heterocycles. The molecule has 0 aliphatic carbocycles. The number of aryl methyl sites for hydroxylation is 1. The van der Waals surface area contributed by atoms with Crippen molar-refractivity contribution in [3.05, 3.63) is 17.6 Å². The summed E-state index contributed by atoms with van der Waals surface area (Å²) < 4.78 is 38.8. The van der Waals surface area contributed by atoms with E-state index < -0.39 is 17.9 Å². The van der Waals surface area contributed by atoms with E-state index in [0.29, 0.717) is 5.69 Å². The summed E-state index contributed by atoms with van der Waals surface area (Å²) in [6.07, 6.45) is 0.322. The van der Waals surface area contributed by atoms with Crippen LogP contribution in [0.4, 0.5) is 19.0 Å². The lowest BCUT2D eigenvalue weighted by atomic mass is 10.4. The molecule has 0 spiro atoms. The third-order valence-electron chi connectivity index (χ3n) is 2.51. The Kier molecular flexibility index (Phi) is 4.16. The van der Waals surface area contributed by atoms with E-state index in [-0.39, 0.29) is 24.7 Å². The Bertz CT molecular complexity index is 746. The lowest BCUT2D eigenvalue weighted by Gasteiger charge is -2.08. The first-order valence-corrected chi connectivity index (χ1v) is 6.07. The van der Waals surface area contributed by atoms with E-state index in [1.165, 1.54) is 6.07 Å². The molecule has 0 unspecified atom stereocenters. The number of hydrogen-bond donors (Lipinski definition) is 2. The van der Waals surface area contributed by atoms with Gasteiger partial charge in [0.05, 0.1) is 13.1 Å². The number of rotatable bonds is 4. The highest BCUT2D eigenvalue weighted by atomic mass is 19.4. The number of carbonyl (C=O) groups excluding carboxylic acids is 1. The maximum Gasteiger partial charge on any atom is 0.453 e. The molecule has 10 heteroatoms. The van der Waals surface area contributed by atoms with Gasteiger partial charge in [0.25, 0.3) is 11.6 Å². The van der Waals surface area contributed by atoms with E-state index in [1.807, 2.05) is 0 Å². The van der Waals surface area contributed by atoms with Crippen molar-refractivity contribution in [1.82, 2.24) is 24.9 Å². The Morgan fingerprint density at radius 2 is 2.18 bits per heavy atom. The Balaban J connectivity index is 2.27. The predicted molar refractivity (Wildman–Crippen MR) is 70.9 cm³/mol. The van der Waals surface area contributed by atoms with Gasteiger partial charge >= 0.3 is 6.18 Å². The van der Waals surface area contributed by atoms with E-state index in [2.05, 4.69) is 31.6 Å². The third-order valence-corrected chi connectivity index (χ3v) is 2.51. The summed E-state index contributed by atoms with van der Waals surface area (Å²) in [5.74, 6) is 0.485. The van der Waals surface area contributed by atoms with Gasteiger partial charge in [0.1, 0.15) is 5.82 Å². The van der Waals surface area contributed by atoms with Crippen LogP contribution >= 0.6 is 0 Å². The van der Waals surface area contributed by atoms with E-state index in [9.17, 15) is 18.0 Å². The summed E-state index contributed by atoms with van der Waals surface area (Å²) >= 11 is 0. The number of nitrogens with one attached hydrogen (secondary N) is 2. The second kappa shape index (κ2) is 5.88. The minimum atomic E-state index is -4.68. The first-order chi connectivity index (χ1) is 10.3. The number of halogens is 3. The second-order valence-corrected chi connectivity index (χ2v) is 4.26. The van der Waals surface area contributed by atoms with Crippen LogP contribution in [-0.4, -0.2) is 38.6 Å². The van der Waals surface area contributed by atoms with Crippen LogP contribution in [0.1, 0.15) is 11.5 Å². The van der Waals surface area contributed by atoms with Gasteiger partial charge in [-0.05, 0) is 6.92 Å². The maximum atomic E-state index is 12.6. The van der Waals surface area contributed by atoms with Crippen molar-refractivity contribution in [3.8, 4) is 12.3 Å². The van der Waals surface area contributed by atoms with Crippen LogP contribution < -0.4 is 10.6 Å². The molecule has 7 nitrogen and oxygen atoms in total. The number of anilines is 1. The van der Waals surface area contributed by atoms with Crippen molar-refractivity contribution in [2.45, 2.75) is 13.1 Å². The summed E-state index contributed by atoms with van der Waals surface area (Å²) in [7, 11) is 0. The van der Waals surface area contributed by atoms with Crippen LogP contribution in [0.15, 0.2) is 6.07 Å². The monoisotopic (exact) mass is 312 g/mol. The van der Waals surface area contributed by atoms with Crippen molar-refractivity contribution in [2.75, 3.05) is 18.4 Å². The highest BCUT2D eigenvalue weighted by molar-refractivity contribution is 5.80. The largest absolute Gasteiger partial charge is 0.453 e. The van der Waals surface area contributed by atoms with Crippen LogP contribution in [0.25, 0.3) is 5.78 Å². The van der Waals surface area contributed by atoms with Gasteiger partial charge in [0.15, 0.2) is 0 Å². The standard InChI is InChI=1S/C12H11F3N6O/c1-3-4-16-9(22)6-17-8-5-7(2)18-11-19-10(12(13,14)15)20-21(8)11/h1,5,17H,4,6H2,2H3,(H,16,22). The van der Waals surface area contributed by atoms with Crippen LogP contribution in [0.3, 0.4) is 0 Å². The fourth-order valence-corrected chi connectivity index (χ4v) is 1.62. The fraction of sp³-hybridized carbons (Fsp3) is 0.333. The fourth-order valence-electron chi connectivity index (χ4n) is 1.62. The van der Waals surface area contributed by atoms with Gasteiger partial charge in [-0.2, -0.15) is 22.7 Å². The number of alkyl halides is 3. The molecule has 2 N–H and O–H groups in total. The number of carbonyl (C=O) groups is 1. The molecule has 0 aliphatic rings. The molecule has 0 atom stereocenters.